The molecule has 227 valence electrons. The normalized spacial score (nSPS) is 12.4. The number of fused-ring (bicyclic) bond motifs is 1. The number of nitrogens with zero attached hydrogens (tertiary/aromatic N) is 1. The van der Waals surface area contributed by atoms with Gasteiger partial charge in [0, 0.05) is 37.3 Å². The predicted molar refractivity (Wildman–Crippen MR) is 177 cm³/mol. The summed E-state index contributed by atoms with van der Waals surface area (Å²) >= 11 is 1.83. The van der Waals surface area contributed by atoms with Gasteiger partial charge in [-0.15, -0.1) is 46.2 Å². The van der Waals surface area contributed by atoms with Crippen molar-refractivity contribution in [2.24, 2.45) is 0 Å². The molecule has 2 aromatic heterocycles. The van der Waals surface area contributed by atoms with Gasteiger partial charge in [-0.3, -0.25) is 4.79 Å². The van der Waals surface area contributed by atoms with Crippen molar-refractivity contribution < 1.29 is 30.0 Å². The largest absolute Gasteiger partial charge is 0.512 e. The summed E-state index contributed by atoms with van der Waals surface area (Å²) in [6.45, 7) is 25.5. The first-order chi connectivity index (χ1) is 18.7. The molecule has 0 unspecified atom stereocenters. The summed E-state index contributed by atoms with van der Waals surface area (Å²) in [5, 5.41) is 9.61. The van der Waals surface area contributed by atoms with Crippen molar-refractivity contribution >= 4 is 27.2 Å². The maximum Gasteiger partial charge on any atom is 0.155 e. The van der Waals surface area contributed by atoms with Crippen LogP contribution in [-0.4, -0.2) is 15.9 Å². The second-order valence-corrected chi connectivity index (χ2v) is 15.2. The van der Waals surface area contributed by atoms with E-state index in [0.717, 1.165) is 16.8 Å². The number of aliphatic hydroxyl groups is 1. The molecule has 0 bridgehead atoms. The summed E-state index contributed by atoms with van der Waals surface area (Å²) in [4.78, 5) is 16.2. The Hall–Kier alpha value is -2.59. The molecule has 0 aliphatic heterocycles. The van der Waals surface area contributed by atoms with Crippen molar-refractivity contribution in [1.29, 1.82) is 0 Å². The first-order valence-electron chi connectivity index (χ1n) is 14.2. The van der Waals surface area contributed by atoms with Crippen LogP contribution in [0.15, 0.2) is 60.5 Å². The first-order valence-corrected chi connectivity index (χ1v) is 15.0. The Labute approximate surface area is 270 Å². The minimum Gasteiger partial charge on any atom is -0.512 e. The van der Waals surface area contributed by atoms with E-state index in [9.17, 15) is 4.79 Å². The summed E-state index contributed by atoms with van der Waals surface area (Å²) in [5.41, 5.74) is 8.92. The third-order valence-corrected chi connectivity index (χ3v) is 8.05. The standard InChI is InChI=1S/C32H38NS.C5H8O2.Ir/c1-20-11-21(13-24(12-20)30(2,3)4)27-16-23-17-28(34-29(23)19-33-27)22-14-25(31(5,6)7)18-26(15-22)32(8,9)10;1-4(6)3-5(2)7;/h12-19H,1-10H3;3,6H,1-2H3;/q-1;;/b;4-3-;. The minimum atomic E-state index is -0.125. The van der Waals surface area contributed by atoms with Gasteiger partial charge in [0.05, 0.1) is 10.5 Å². The van der Waals surface area contributed by atoms with Gasteiger partial charge < -0.3 is 10.1 Å². The Balaban J connectivity index is 0.000000687. The average molecular weight is 761 g/mol. The van der Waals surface area contributed by atoms with Crippen LogP contribution in [0.3, 0.4) is 0 Å². The number of benzene rings is 2. The van der Waals surface area contributed by atoms with E-state index in [1.807, 2.05) is 17.5 Å². The topological polar surface area (TPSA) is 50.2 Å². The molecular weight excluding hydrogens is 715 g/mol. The number of hydrogen-bond donors (Lipinski definition) is 1. The summed E-state index contributed by atoms with van der Waals surface area (Å²) in [5.74, 6) is -0.0625. The molecule has 0 spiro atoms. The molecule has 0 aliphatic rings. The van der Waals surface area contributed by atoms with Gasteiger partial charge in [0.25, 0.3) is 0 Å². The van der Waals surface area contributed by atoms with Gasteiger partial charge in [0.15, 0.2) is 5.78 Å². The molecule has 0 aliphatic carbocycles. The summed E-state index contributed by atoms with van der Waals surface area (Å²) < 4.78 is 1.22. The maximum atomic E-state index is 10.0. The summed E-state index contributed by atoms with van der Waals surface area (Å²) in [6.07, 6.45) is 3.20. The van der Waals surface area contributed by atoms with Crippen LogP contribution < -0.4 is 0 Å². The van der Waals surface area contributed by atoms with Crippen molar-refractivity contribution in [3.05, 3.63) is 88.8 Å². The van der Waals surface area contributed by atoms with E-state index >= 15 is 0 Å². The zero-order valence-corrected chi connectivity index (χ0v) is 30.5. The number of carbonyl (C=O) groups is 1. The van der Waals surface area contributed by atoms with Crippen LogP contribution in [0.2, 0.25) is 0 Å². The van der Waals surface area contributed by atoms with Gasteiger partial charge in [-0.05, 0) is 76.1 Å². The Morgan fingerprint density at radius 2 is 1.33 bits per heavy atom. The molecule has 3 nitrogen and oxygen atoms in total. The van der Waals surface area contributed by atoms with Gasteiger partial charge in [0.1, 0.15) is 0 Å². The van der Waals surface area contributed by atoms with Crippen molar-refractivity contribution in [2.75, 3.05) is 0 Å². The van der Waals surface area contributed by atoms with Gasteiger partial charge in [-0.2, -0.15) is 0 Å². The number of aromatic nitrogens is 1. The molecule has 4 rings (SSSR count). The number of aliphatic hydroxyl groups excluding tert-OH is 1. The quantitative estimate of drug-likeness (QED) is 0.129. The van der Waals surface area contributed by atoms with Gasteiger partial charge in [-0.1, -0.05) is 81.4 Å². The van der Waals surface area contributed by atoms with E-state index in [4.69, 9.17) is 10.1 Å². The Morgan fingerprint density at radius 3 is 1.79 bits per heavy atom. The van der Waals surface area contributed by atoms with E-state index < -0.39 is 0 Å². The zero-order valence-electron chi connectivity index (χ0n) is 27.2. The number of hydrogen-bond acceptors (Lipinski definition) is 4. The second-order valence-electron chi connectivity index (χ2n) is 14.1. The van der Waals surface area contributed by atoms with Crippen molar-refractivity contribution in [1.82, 2.24) is 4.98 Å². The SMILES string of the molecule is CC(=O)/C=C(/C)O.Cc1[c-]c(-c2cc3cc(-c4cc(C(C)(C)C)cc(C(C)(C)C)c4)sc3cn2)cc(C(C)(C)C)c1.[Ir]. The van der Waals surface area contributed by atoms with Gasteiger partial charge in [0.2, 0.25) is 0 Å². The predicted octanol–water partition coefficient (Wildman–Crippen LogP) is 10.7. The number of allylic oxidation sites excluding steroid dienone is 2. The Bertz CT molecular complexity index is 1550. The van der Waals surface area contributed by atoms with Crippen molar-refractivity contribution in [3.8, 4) is 21.7 Å². The van der Waals surface area contributed by atoms with Crippen molar-refractivity contribution in [2.45, 2.75) is 99.3 Å². The fraction of sp³-hybridized carbons (Fsp3) is 0.405. The smallest absolute Gasteiger partial charge is 0.155 e. The summed E-state index contributed by atoms with van der Waals surface area (Å²) in [7, 11) is 0. The molecule has 5 heteroatoms. The van der Waals surface area contributed by atoms with Crippen LogP contribution in [0.1, 0.15) is 98.4 Å². The molecule has 1 N–H and O–H groups in total. The maximum absolute atomic E-state index is 10.0. The molecule has 0 amide bonds. The monoisotopic (exact) mass is 761 g/mol. The van der Waals surface area contributed by atoms with E-state index in [0.29, 0.717) is 0 Å². The van der Waals surface area contributed by atoms with Gasteiger partial charge in [-0.25, -0.2) is 0 Å². The summed E-state index contributed by atoms with van der Waals surface area (Å²) in [6, 6.07) is 19.7. The molecular formula is C37H46IrNO2S-. The number of pyridine rings is 1. The van der Waals surface area contributed by atoms with E-state index in [2.05, 4.69) is 118 Å². The number of aryl methyl sites for hydroxylation is 1. The van der Waals surface area contributed by atoms with Crippen LogP contribution in [0, 0.1) is 13.0 Å². The minimum absolute atomic E-state index is 0. The van der Waals surface area contributed by atoms with E-state index in [1.54, 1.807) is 0 Å². The first kappa shape index (κ1) is 35.6. The average Bonchev–Trinajstić information content (AvgIpc) is 3.25. The van der Waals surface area contributed by atoms with Crippen LogP contribution in [0.5, 0.6) is 0 Å². The van der Waals surface area contributed by atoms with Crippen LogP contribution in [-0.2, 0) is 41.1 Å². The molecule has 1 radical (unpaired) electrons. The van der Waals surface area contributed by atoms with E-state index in [-0.39, 0.29) is 47.9 Å². The molecule has 0 saturated carbocycles. The number of carbonyl (C=O) groups excluding carboxylic acids is 1. The van der Waals surface area contributed by atoms with Crippen LogP contribution in [0.25, 0.3) is 31.8 Å². The van der Waals surface area contributed by atoms with Gasteiger partial charge >= 0.3 is 0 Å². The molecule has 2 heterocycles. The molecule has 2 aromatic carbocycles. The fourth-order valence-corrected chi connectivity index (χ4v) is 5.45. The molecule has 0 fully saturated rings. The molecule has 42 heavy (non-hydrogen) atoms. The third kappa shape index (κ3) is 9.46. The molecule has 0 atom stereocenters. The van der Waals surface area contributed by atoms with Crippen LogP contribution >= 0.6 is 11.3 Å². The second kappa shape index (κ2) is 13.4. The van der Waals surface area contributed by atoms with Crippen LogP contribution in [0.4, 0.5) is 0 Å². The Morgan fingerprint density at radius 1 is 0.810 bits per heavy atom. The Kier molecular flexibility index (Phi) is 11.3. The number of rotatable bonds is 3. The van der Waals surface area contributed by atoms with Crippen molar-refractivity contribution in [3.63, 3.8) is 0 Å². The molecule has 0 saturated heterocycles. The number of ketones is 1. The molecule has 4 aromatic rings. The van der Waals surface area contributed by atoms with E-state index in [1.165, 1.54) is 57.1 Å². The third-order valence-electron chi connectivity index (χ3n) is 6.91. The zero-order chi connectivity index (χ0) is 30.9. The number of thiophene rings is 1. The fourth-order valence-electron chi connectivity index (χ4n) is 4.45.